The van der Waals surface area contributed by atoms with Gasteiger partial charge in [-0.05, 0) is 23.0 Å². The van der Waals surface area contributed by atoms with Crippen LogP contribution < -0.4 is 0 Å². The van der Waals surface area contributed by atoms with Gasteiger partial charge in [-0.15, -0.1) is 23.5 Å². The summed E-state index contributed by atoms with van der Waals surface area (Å²) in [7, 11) is 0. The quantitative estimate of drug-likeness (QED) is 0.749. The van der Waals surface area contributed by atoms with Crippen LogP contribution in [0.15, 0.2) is 43.0 Å². The van der Waals surface area contributed by atoms with E-state index >= 15 is 0 Å². The van der Waals surface area contributed by atoms with E-state index in [-0.39, 0.29) is 9.49 Å². The van der Waals surface area contributed by atoms with Crippen molar-refractivity contribution in [1.82, 2.24) is 9.55 Å². The highest BCUT2D eigenvalue weighted by molar-refractivity contribution is 8.20. The predicted molar refractivity (Wildman–Crippen MR) is 103 cm³/mol. The van der Waals surface area contributed by atoms with Crippen LogP contribution in [0.25, 0.3) is 0 Å². The molecule has 0 radical (unpaired) electrons. The standard InChI is InChI=1S/C19H26N2S2/c1-15-13-22-19(23-15,9-11-21-12-10-20-14-21)17-7-5-16(6-8-17)18(2,3)4/h5-8,10,12,14-15H,9,11,13H2,1-4H3. The second kappa shape index (κ2) is 6.56. The van der Waals surface area contributed by atoms with Gasteiger partial charge in [0.1, 0.15) is 0 Å². The zero-order valence-corrected chi connectivity index (χ0v) is 16.1. The molecule has 2 nitrogen and oxygen atoms in total. The highest BCUT2D eigenvalue weighted by Gasteiger charge is 2.40. The molecule has 2 atom stereocenters. The molecular weight excluding hydrogens is 320 g/mol. The van der Waals surface area contributed by atoms with Crippen LogP contribution in [0.2, 0.25) is 0 Å². The second-order valence-corrected chi connectivity index (χ2v) is 10.7. The Hall–Kier alpha value is -0.870. The third-order valence-corrected chi connectivity index (χ3v) is 8.21. The fourth-order valence-electron chi connectivity index (χ4n) is 2.99. The van der Waals surface area contributed by atoms with Crippen LogP contribution in [0.1, 0.15) is 45.2 Å². The molecule has 2 unspecified atom stereocenters. The maximum absolute atomic E-state index is 4.17. The molecule has 0 aliphatic carbocycles. The first-order chi connectivity index (χ1) is 10.9. The summed E-state index contributed by atoms with van der Waals surface area (Å²) >= 11 is 4.25. The highest BCUT2D eigenvalue weighted by Crippen LogP contribution is 2.57. The van der Waals surface area contributed by atoms with Crippen LogP contribution in [0.3, 0.4) is 0 Å². The molecule has 0 amide bonds. The summed E-state index contributed by atoms with van der Waals surface area (Å²) in [4.78, 5) is 4.17. The monoisotopic (exact) mass is 346 g/mol. The molecular formula is C19H26N2S2. The molecule has 1 saturated heterocycles. The molecule has 124 valence electrons. The Morgan fingerprint density at radius 2 is 2.00 bits per heavy atom. The minimum atomic E-state index is 0.181. The molecule has 1 aromatic heterocycles. The first-order valence-corrected chi connectivity index (χ1v) is 10.1. The third kappa shape index (κ3) is 3.80. The van der Waals surface area contributed by atoms with Gasteiger partial charge in [0, 0.05) is 29.9 Å². The number of hydrogen-bond donors (Lipinski definition) is 0. The molecule has 3 rings (SSSR count). The molecule has 2 aromatic rings. The lowest BCUT2D eigenvalue weighted by atomic mass is 9.86. The van der Waals surface area contributed by atoms with Crippen molar-refractivity contribution in [3.05, 3.63) is 54.1 Å². The summed E-state index contributed by atoms with van der Waals surface area (Å²) in [5, 5.41) is 0.713. The van der Waals surface area contributed by atoms with Gasteiger partial charge in [0.05, 0.1) is 10.4 Å². The van der Waals surface area contributed by atoms with Crippen LogP contribution in [-0.4, -0.2) is 20.6 Å². The van der Waals surface area contributed by atoms with Crippen molar-refractivity contribution < 1.29 is 0 Å². The lowest BCUT2D eigenvalue weighted by molar-refractivity contribution is 0.588. The zero-order valence-electron chi connectivity index (χ0n) is 14.5. The summed E-state index contributed by atoms with van der Waals surface area (Å²) in [6.45, 7) is 10.2. The lowest BCUT2D eigenvalue weighted by Crippen LogP contribution is -2.19. The number of benzene rings is 1. The molecule has 23 heavy (non-hydrogen) atoms. The normalized spacial score (nSPS) is 25.0. The van der Waals surface area contributed by atoms with Gasteiger partial charge >= 0.3 is 0 Å². The number of rotatable bonds is 4. The zero-order chi connectivity index (χ0) is 16.5. The van der Waals surface area contributed by atoms with E-state index in [9.17, 15) is 0 Å². The SMILES string of the molecule is CC1CSC(CCn2ccnc2)(c2ccc(C(C)(C)C)cc2)S1. The van der Waals surface area contributed by atoms with Gasteiger partial charge in [-0.2, -0.15) is 0 Å². The molecule has 0 bridgehead atoms. The van der Waals surface area contributed by atoms with Gasteiger partial charge < -0.3 is 4.57 Å². The van der Waals surface area contributed by atoms with Crippen molar-refractivity contribution >= 4 is 23.5 Å². The Kier molecular flexibility index (Phi) is 4.84. The van der Waals surface area contributed by atoms with Crippen molar-refractivity contribution in [2.45, 2.75) is 55.4 Å². The van der Waals surface area contributed by atoms with Gasteiger partial charge in [-0.3, -0.25) is 0 Å². The Balaban J connectivity index is 1.84. The number of hydrogen-bond acceptors (Lipinski definition) is 3. The Morgan fingerprint density at radius 1 is 1.26 bits per heavy atom. The average Bonchev–Trinajstić information content (AvgIpc) is 3.15. The molecule has 1 aromatic carbocycles. The van der Waals surface area contributed by atoms with Gasteiger partial charge in [0.15, 0.2) is 0 Å². The number of thioether (sulfide) groups is 2. The molecule has 0 spiro atoms. The van der Waals surface area contributed by atoms with E-state index in [1.54, 1.807) is 0 Å². The van der Waals surface area contributed by atoms with E-state index in [0.29, 0.717) is 5.25 Å². The predicted octanol–water partition coefficient (Wildman–Crippen LogP) is 5.29. The minimum absolute atomic E-state index is 0.181. The summed E-state index contributed by atoms with van der Waals surface area (Å²) in [6, 6.07) is 9.34. The summed E-state index contributed by atoms with van der Waals surface area (Å²) in [6.07, 6.45) is 6.98. The van der Waals surface area contributed by atoms with Crippen LogP contribution >= 0.6 is 23.5 Å². The van der Waals surface area contributed by atoms with Gasteiger partial charge in [0.2, 0.25) is 0 Å². The first-order valence-electron chi connectivity index (χ1n) is 8.28. The summed E-state index contributed by atoms with van der Waals surface area (Å²) < 4.78 is 2.37. The summed E-state index contributed by atoms with van der Waals surface area (Å²) in [5.41, 5.74) is 3.09. The number of aryl methyl sites for hydroxylation is 1. The van der Waals surface area contributed by atoms with Crippen LogP contribution in [0.5, 0.6) is 0 Å². The maximum atomic E-state index is 4.17. The Bertz CT molecular complexity index is 628. The number of aromatic nitrogens is 2. The van der Waals surface area contributed by atoms with Gasteiger partial charge in [-0.1, -0.05) is 52.0 Å². The van der Waals surface area contributed by atoms with Crippen LogP contribution in [0.4, 0.5) is 0 Å². The summed E-state index contributed by atoms with van der Waals surface area (Å²) in [5.74, 6) is 1.23. The minimum Gasteiger partial charge on any atom is -0.337 e. The van der Waals surface area contributed by atoms with Gasteiger partial charge in [-0.25, -0.2) is 4.98 Å². The molecule has 1 fully saturated rings. The number of nitrogens with zero attached hydrogens (tertiary/aromatic N) is 2. The molecule has 1 aliphatic heterocycles. The molecule has 0 N–H and O–H groups in total. The third-order valence-electron chi connectivity index (χ3n) is 4.39. The van der Waals surface area contributed by atoms with E-state index < -0.39 is 0 Å². The maximum Gasteiger partial charge on any atom is 0.0945 e. The second-order valence-electron chi connectivity index (χ2n) is 7.37. The molecule has 1 aliphatic rings. The van der Waals surface area contributed by atoms with Crippen molar-refractivity contribution in [2.75, 3.05) is 5.75 Å². The lowest BCUT2D eigenvalue weighted by Gasteiger charge is -2.29. The van der Waals surface area contributed by atoms with Crippen molar-refractivity contribution in [2.24, 2.45) is 0 Å². The average molecular weight is 347 g/mol. The Morgan fingerprint density at radius 3 is 2.52 bits per heavy atom. The van der Waals surface area contributed by atoms with Crippen LogP contribution in [-0.2, 0) is 16.0 Å². The van der Waals surface area contributed by atoms with E-state index in [1.165, 1.54) is 16.9 Å². The molecule has 0 saturated carbocycles. The van der Waals surface area contributed by atoms with Crippen molar-refractivity contribution in [3.63, 3.8) is 0 Å². The van der Waals surface area contributed by atoms with E-state index in [0.717, 1.165) is 13.0 Å². The van der Waals surface area contributed by atoms with Gasteiger partial charge in [0.25, 0.3) is 0 Å². The van der Waals surface area contributed by atoms with E-state index in [4.69, 9.17) is 0 Å². The fraction of sp³-hybridized carbons (Fsp3) is 0.526. The largest absolute Gasteiger partial charge is 0.337 e. The Labute approximate surface area is 148 Å². The first kappa shape index (κ1) is 17.0. The molecule has 2 heterocycles. The highest BCUT2D eigenvalue weighted by atomic mass is 32.2. The fourth-order valence-corrected chi connectivity index (χ4v) is 6.61. The van der Waals surface area contributed by atoms with E-state index in [2.05, 4.69) is 91.2 Å². The molecule has 4 heteroatoms. The smallest absolute Gasteiger partial charge is 0.0945 e. The van der Waals surface area contributed by atoms with Crippen molar-refractivity contribution in [1.29, 1.82) is 0 Å². The number of imidazole rings is 1. The topological polar surface area (TPSA) is 17.8 Å². The van der Waals surface area contributed by atoms with Crippen molar-refractivity contribution in [3.8, 4) is 0 Å². The van der Waals surface area contributed by atoms with Crippen LogP contribution in [0, 0.1) is 0 Å². The van der Waals surface area contributed by atoms with E-state index in [1.807, 2.05) is 12.5 Å².